The molecule has 29 heavy (non-hydrogen) atoms. The van der Waals surface area contributed by atoms with Crippen LogP contribution in [0.1, 0.15) is 16.7 Å². The van der Waals surface area contributed by atoms with Gasteiger partial charge in [0, 0.05) is 0 Å². The van der Waals surface area contributed by atoms with Crippen molar-refractivity contribution in [3.8, 4) is 6.07 Å². The number of carbonyl (C=O) groups is 2. The Hall–Kier alpha value is -3.95. The average Bonchev–Trinajstić information content (AvgIpc) is 2.78. The summed E-state index contributed by atoms with van der Waals surface area (Å²) in [7, 11) is 0. The summed E-state index contributed by atoms with van der Waals surface area (Å²) in [4.78, 5) is 25.0. The van der Waals surface area contributed by atoms with Crippen LogP contribution in [0.5, 0.6) is 0 Å². The van der Waals surface area contributed by atoms with Gasteiger partial charge in [-0.3, -0.25) is 4.79 Å². The minimum atomic E-state index is -2.06. The summed E-state index contributed by atoms with van der Waals surface area (Å²) in [5.74, 6) is -1.59. The molecule has 1 amide bonds. The van der Waals surface area contributed by atoms with Crippen molar-refractivity contribution in [1.29, 1.82) is 5.26 Å². The molecule has 0 atom stereocenters. The summed E-state index contributed by atoms with van der Waals surface area (Å²) in [6, 6.07) is 25.2. The Labute approximate surface area is 168 Å². The molecule has 0 unspecified atom stereocenters. The molecular weight excluding hydrogens is 368 g/mol. The quantitative estimate of drug-likeness (QED) is 0.635. The van der Waals surface area contributed by atoms with Crippen molar-refractivity contribution in [3.63, 3.8) is 0 Å². The number of nitrogens with zero attached hydrogens (tertiary/aromatic N) is 1. The molecule has 6 nitrogen and oxygen atoms in total. The Kier molecular flexibility index (Phi) is 6.03. The fourth-order valence-electron chi connectivity index (χ4n) is 2.87. The van der Waals surface area contributed by atoms with Gasteiger partial charge in [0.1, 0.15) is 6.07 Å². The normalized spacial score (nSPS) is 10.6. The van der Waals surface area contributed by atoms with E-state index in [1.807, 2.05) is 6.07 Å². The molecule has 0 bridgehead atoms. The van der Waals surface area contributed by atoms with Gasteiger partial charge in [-0.15, -0.1) is 0 Å². The maximum Gasteiger partial charge on any atom is 0.348 e. The van der Waals surface area contributed by atoms with Crippen molar-refractivity contribution in [2.75, 3.05) is 11.9 Å². The number of nitriles is 1. The van der Waals surface area contributed by atoms with Gasteiger partial charge in [0.2, 0.25) is 5.60 Å². The summed E-state index contributed by atoms with van der Waals surface area (Å²) < 4.78 is 5.14. The molecular formula is C23H18N2O4. The lowest BCUT2D eigenvalue weighted by atomic mass is 9.86. The number of hydrogen-bond acceptors (Lipinski definition) is 5. The fraction of sp³-hybridized carbons (Fsp3) is 0.0870. The zero-order valence-corrected chi connectivity index (χ0v) is 15.4. The van der Waals surface area contributed by atoms with Gasteiger partial charge in [-0.1, -0.05) is 72.8 Å². The van der Waals surface area contributed by atoms with Gasteiger partial charge < -0.3 is 15.2 Å². The lowest BCUT2D eigenvalue weighted by Gasteiger charge is -2.27. The van der Waals surface area contributed by atoms with Gasteiger partial charge in [-0.05, 0) is 23.3 Å². The molecule has 0 fully saturated rings. The average molecular weight is 386 g/mol. The van der Waals surface area contributed by atoms with E-state index in [-0.39, 0.29) is 5.56 Å². The minimum Gasteiger partial charge on any atom is -0.453 e. The van der Waals surface area contributed by atoms with Crippen LogP contribution in [0.2, 0.25) is 0 Å². The van der Waals surface area contributed by atoms with Crippen LogP contribution in [-0.4, -0.2) is 23.6 Å². The van der Waals surface area contributed by atoms with E-state index < -0.39 is 24.1 Å². The number of nitrogens with one attached hydrogen (secondary N) is 1. The van der Waals surface area contributed by atoms with Crippen molar-refractivity contribution >= 4 is 17.6 Å². The lowest BCUT2D eigenvalue weighted by molar-refractivity contribution is -0.163. The zero-order valence-electron chi connectivity index (χ0n) is 15.4. The van der Waals surface area contributed by atoms with Crippen LogP contribution in [0.15, 0.2) is 84.9 Å². The molecule has 0 radical (unpaired) electrons. The highest BCUT2D eigenvalue weighted by atomic mass is 16.6. The monoisotopic (exact) mass is 386 g/mol. The molecule has 6 heteroatoms. The highest BCUT2D eigenvalue weighted by Crippen LogP contribution is 2.31. The summed E-state index contributed by atoms with van der Waals surface area (Å²) in [6.45, 7) is -0.611. The Bertz CT molecular complexity index is 1000. The Morgan fingerprint density at radius 3 is 1.97 bits per heavy atom. The Morgan fingerprint density at radius 2 is 1.41 bits per heavy atom. The van der Waals surface area contributed by atoms with Gasteiger partial charge in [0.25, 0.3) is 5.91 Å². The molecule has 0 heterocycles. The second-order valence-corrected chi connectivity index (χ2v) is 6.22. The van der Waals surface area contributed by atoms with E-state index in [2.05, 4.69) is 5.32 Å². The second kappa shape index (κ2) is 8.83. The van der Waals surface area contributed by atoms with Crippen LogP contribution in [0.3, 0.4) is 0 Å². The van der Waals surface area contributed by atoms with Gasteiger partial charge >= 0.3 is 5.97 Å². The summed E-state index contributed by atoms with van der Waals surface area (Å²) in [6.07, 6.45) is 0. The number of hydrogen-bond donors (Lipinski definition) is 2. The number of anilines is 1. The van der Waals surface area contributed by atoms with Crippen LogP contribution in [-0.2, 0) is 19.9 Å². The molecule has 0 aliphatic carbocycles. The number of esters is 1. The summed E-state index contributed by atoms with van der Waals surface area (Å²) in [5, 5.41) is 22.9. The van der Waals surface area contributed by atoms with Gasteiger partial charge in [-0.2, -0.15) is 5.26 Å². The molecule has 3 aromatic rings. The molecule has 0 saturated carbocycles. The Balaban J connectivity index is 1.78. The van der Waals surface area contributed by atoms with Gasteiger partial charge in [0.05, 0.1) is 11.3 Å². The predicted molar refractivity (Wildman–Crippen MR) is 107 cm³/mol. The molecule has 0 aromatic heterocycles. The minimum absolute atomic E-state index is 0.289. The third-order valence-corrected chi connectivity index (χ3v) is 4.33. The third kappa shape index (κ3) is 4.32. The first kappa shape index (κ1) is 19.8. The number of benzene rings is 3. The molecule has 3 rings (SSSR count). The van der Waals surface area contributed by atoms with Crippen molar-refractivity contribution in [2.24, 2.45) is 0 Å². The topological polar surface area (TPSA) is 99.4 Å². The van der Waals surface area contributed by atoms with E-state index >= 15 is 0 Å². The van der Waals surface area contributed by atoms with Gasteiger partial charge in [-0.25, -0.2) is 4.79 Å². The van der Waals surface area contributed by atoms with Gasteiger partial charge in [0.15, 0.2) is 6.61 Å². The molecule has 144 valence electrons. The first-order valence-electron chi connectivity index (χ1n) is 8.85. The molecule has 0 aliphatic heterocycles. The van der Waals surface area contributed by atoms with Crippen LogP contribution in [0.4, 0.5) is 5.69 Å². The van der Waals surface area contributed by atoms with Crippen LogP contribution >= 0.6 is 0 Å². The highest BCUT2D eigenvalue weighted by molar-refractivity contribution is 5.95. The molecule has 0 spiro atoms. The highest BCUT2D eigenvalue weighted by Gasteiger charge is 2.41. The van der Waals surface area contributed by atoms with E-state index in [4.69, 9.17) is 10.00 Å². The fourth-order valence-corrected chi connectivity index (χ4v) is 2.87. The number of para-hydroxylation sites is 1. The standard InChI is InChI=1S/C23H18N2O4/c24-15-17-9-7-8-14-20(17)25-21(26)16-29-22(27)23(28,18-10-3-1-4-11-18)19-12-5-2-6-13-19/h1-14,28H,16H2,(H,25,26). The number of rotatable bonds is 6. The van der Waals surface area contributed by atoms with Crippen LogP contribution in [0, 0.1) is 11.3 Å². The lowest BCUT2D eigenvalue weighted by Crippen LogP contribution is -2.39. The van der Waals surface area contributed by atoms with E-state index in [1.165, 1.54) is 0 Å². The third-order valence-electron chi connectivity index (χ3n) is 4.33. The molecule has 0 aliphatic rings. The first-order chi connectivity index (χ1) is 14.1. The van der Waals surface area contributed by atoms with Crippen molar-refractivity contribution < 1.29 is 19.4 Å². The van der Waals surface area contributed by atoms with E-state index in [9.17, 15) is 14.7 Å². The largest absolute Gasteiger partial charge is 0.453 e. The first-order valence-corrected chi connectivity index (χ1v) is 8.85. The number of carbonyl (C=O) groups excluding carboxylic acids is 2. The van der Waals surface area contributed by atoms with Crippen molar-refractivity contribution in [2.45, 2.75) is 5.60 Å². The van der Waals surface area contributed by atoms with Crippen LogP contribution in [0.25, 0.3) is 0 Å². The van der Waals surface area contributed by atoms with Crippen molar-refractivity contribution in [3.05, 3.63) is 102 Å². The molecule has 2 N–H and O–H groups in total. The van der Waals surface area contributed by atoms with E-state index in [1.54, 1.807) is 84.9 Å². The zero-order chi connectivity index (χ0) is 20.7. The maximum absolute atomic E-state index is 12.8. The summed E-state index contributed by atoms with van der Waals surface area (Å²) in [5.41, 5.74) is -0.805. The second-order valence-electron chi connectivity index (χ2n) is 6.22. The van der Waals surface area contributed by atoms with E-state index in [0.29, 0.717) is 16.8 Å². The number of amides is 1. The maximum atomic E-state index is 12.8. The summed E-state index contributed by atoms with van der Waals surface area (Å²) >= 11 is 0. The molecule has 0 saturated heterocycles. The van der Waals surface area contributed by atoms with Crippen LogP contribution < -0.4 is 5.32 Å². The predicted octanol–water partition coefficient (Wildman–Crippen LogP) is 2.98. The smallest absolute Gasteiger partial charge is 0.348 e. The number of aliphatic hydroxyl groups is 1. The number of ether oxygens (including phenoxy) is 1. The Morgan fingerprint density at radius 1 is 0.897 bits per heavy atom. The SMILES string of the molecule is N#Cc1ccccc1NC(=O)COC(=O)C(O)(c1ccccc1)c1ccccc1. The molecule has 3 aromatic carbocycles. The van der Waals surface area contributed by atoms with Crippen molar-refractivity contribution in [1.82, 2.24) is 0 Å². The van der Waals surface area contributed by atoms with E-state index in [0.717, 1.165) is 0 Å².